The Morgan fingerprint density at radius 1 is 1.35 bits per heavy atom. The van der Waals surface area contributed by atoms with E-state index in [1.54, 1.807) is 13.4 Å². The number of rotatable bonds is 5. The van der Waals surface area contributed by atoms with E-state index in [1.165, 1.54) is 0 Å². The van der Waals surface area contributed by atoms with Crippen LogP contribution in [0, 0.1) is 5.92 Å². The second kappa shape index (κ2) is 8.21. The normalized spacial score (nSPS) is 17.4. The van der Waals surface area contributed by atoms with Crippen molar-refractivity contribution in [1.29, 1.82) is 0 Å². The van der Waals surface area contributed by atoms with Crippen LogP contribution in [0.15, 0.2) is 30.6 Å². The Labute approximate surface area is 154 Å². The summed E-state index contributed by atoms with van der Waals surface area (Å²) >= 11 is 0. The highest BCUT2D eigenvalue weighted by molar-refractivity contribution is 5.89. The van der Waals surface area contributed by atoms with Crippen molar-refractivity contribution >= 4 is 11.7 Å². The van der Waals surface area contributed by atoms with Gasteiger partial charge >= 0.3 is 6.03 Å². The number of nitrogens with zero attached hydrogens (tertiary/aromatic N) is 4. The molecule has 1 N–H and O–H groups in total. The fraction of sp³-hybridized carbons (Fsp3) is 0.526. The molecule has 7 nitrogen and oxygen atoms in total. The van der Waals surface area contributed by atoms with E-state index in [0.717, 1.165) is 49.6 Å². The van der Waals surface area contributed by atoms with Crippen LogP contribution in [0.4, 0.5) is 10.5 Å². The van der Waals surface area contributed by atoms with Gasteiger partial charge in [-0.25, -0.2) is 4.79 Å². The number of benzene rings is 1. The lowest BCUT2D eigenvalue weighted by Gasteiger charge is -2.32. The van der Waals surface area contributed by atoms with Crippen LogP contribution in [0.2, 0.25) is 0 Å². The lowest BCUT2D eigenvalue weighted by Crippen LogP contribution is -2.43. The van der Waals surface area contributed by atoms with Crippen LogP contribution in [-0.4, -0.2) is 45.9 Å². The molecule has 0 spiro atoms. The number of likely N-dealkylation sites (tertiary alicyclic amines) is 1. The average Bonchev–Trinajstić information content (AvgIpc) is 3.11. The second-order valence-electron chi connectivity index (χ2n) is 7.07. The number of anilines is 1. The molecule has 2 heterocycles. The van der Waals surface area contributed by atoms with Gasteiger partial charge in [-0.05, 0) is 56.9 Å². The standard InChI is InChI=1S/C19H27N5O2/c1-14(2)24-13-20-22-18(24)11-15-5-4-10-23(12-15)19(25)21-16-6-8-17(26-3)9-7-16/h6-9,13-15H,4-5,10-12H2,1-3H3,(H,21,25). The lowest BCUT2D eigenvalue weighted by atomic mass is 9.94. The van der Waals surface area contributed by atoms with Gasteiger partial charge in [0.2, 0.25) is 0 Å². The number of ether oxygens (including phenoxy) is 1. The van der Waals surface area contributed by atoms with E-state index in [9.17, 15) is 4.79 Å². The van der Waals surface area contributed by atoms with E-state index < -0.39 is 0 Å². The highest BCUT2D eigenvalue weighted by Gasteiger charge is 2.25. The first-order valence-electron chi connectivity index (χ1n) is 9.15. The molecular weight excluding hydrogens is 330 g/mol. The Balaban J connectivity index is 1.58. The molecule has 7 heteroatoms. The summed E-state index contributed by atoms with van der Waals surface area (Å²) in [6.07, 6.45) is 4.76. The van der Waals surface area contributed by atoms with Crippen LogP contribution >= 0.6 is 0 Å². The molecule has 1 atom stereocenters. The summed E-state index contributed by atoms with van der Waals surface area (Å²) in [6.45, 7) is 5.78. The van der Waals surface area contributed by atoms with Crippen LogP contribution in [0.1, 0.15) is 38.6 Å². The van der Waals surface area contributed by atoms with Crippen LogP contribution in [-0.2, 0) is 6.42 Å². The maximum atomic E-state index is 12.6. The van der Waals surface area contributed by atoms with Crippen molar-refractivity contribution in [2.75, 3.05) is 25.5 Å². The fourth-order valence-electron chi connectivity index (χ4n) is 3.40. The van der Waals surface area contributed by atoms with Crippen molar-refractivity contribution in [3.8, 4) is 5.75 Å². The second-order valence-corrected chi connectivity index (χ2v) is 7.07. The molecule has 1 aliphatic rings. The molecule has 3 rings (SSSR count). The first-order chi connectivity index (χ1) is 12.6. The van der Waals surface area contributed by atoms with Gasteiger partial charge < -0.3 is 19.5 Å². The van der Waals surface area contributed by atoms with Crippen LogP contribution in [0.25, 0.3) is 0 Å². The van der Waals surface area contributed by atoms with E-state index in [1.807, 2.05) is 29.2 Å². The van der Waals surface area contributed by atoms with Gasteiger partial charge in [-0.3, -0.25) is 0 Å². The zero-order valence-corrected chi connectivity index (χ0v) is 15.7. The third kappa shape index (κ3) is 4.33. The highest BCUT2D eigenvalue weighted by atomic mass is 16.5. The summed E-state index contributed by atoms with van der Waals surface area (Å²) in [4.78, 5) is 14.5. The summed E-state index contributed by atoms with van der Waals surface area (Å²) in [5.41, 5.74) is 0.775. The number of amides is 2. The summed E-state index contributed by atoms with van der Waals surface area (Å²) in [5.74, 6) is 2.18. The zero-order valence-electron chi connectivity index (χ0n) is 15.7. The number of nitrogens with one attached hydrogen (secondary N) is 1. The number of carbonyl (C=O) groups is 1. The number of hydrogen-bond acceptors (Lipinski definition) is 4. The molecule has 26 heavy (non-hydrogen) atoms. The minimum Gasteiger partial charge on any atom is -0.497 e. The SMILES string of the molecule is COc1ccc(NC(=O)N2CCCC(Cc3nncn3C(C)C)C2)cc1. The van der Waals surface area contributed by atoms with Gasteiger partial charge in [0, 0.05) is 31.2 Å². The minimum atomic E-state index is -0.0507. The molecule has 1 aromatic heterocycles. The molecular formula is C19H27N5O2. The van der Waals surface area contributed by atoms with Gasteiger partial charge in [0.15, 0.2) is 0 Å². The van der Waals surface area contributed by atoms with Crippen LogP contribution in [0.3, 0.4) is 0 Å². The number of methoxy groups -OCH3 is 1. The number of urea groups is 1. The van der Waals surface area contributed by atoms with Crippen molar-refractivity contribution in [3.05, 3.63) is 36.4 Å². The predicted molar refractivity (Wildman–Crippen MR) is 100 cm³/mol. The average molecular weight is 357 g/mol. The zero-order chi connectivity index (χ0) is 18.5. The summed E-state index contributed by atoms with van der Waals surface area (Å²) in [7, 11) is 1.63. The van der Waals surface area contributed by atoms with Crippen molar-refractivity contribution in [2.45, 2.75) is 39.2 Å². The molecule has 1 unspecified atom stereocenters. The molecule has 1 saturated heterocycles. The Hall–Kier alpha value is -2.57. The molecule has 0 bridgehead atoms. The van der Waals surface area contributed by atoms with E-state index in [0.29, 0.717) is 12.0 Å². The van der Waals surface area contributed by atoms with Gasteiger partial charge in [-0.1, -0.05) is 0 Å². The number of hydrogen-bond donors (Lipinski definition) is 1. The van der Waals surface area contributed by atoms with Crippen molar-refractivity contribution in [2.24, 2.45) is 5.92 Å². The lowest BCUT2D eigenvalue weighted by molar-refractivity contribution is 0.176. The minimum absolute atomic E-state index is 0.0507. The number of piperidine rings is 1. The third-order valence-electron chi connectivity index (χ3n) is 4.82. The van der Waals surface area contributed by atoms with E-state index in [2.05, 4.69) is 33.9 Å². The Bertz CT molecular complexity index is 726. The van der Waals surface area contributed by atoms with Gasteiger partial charge in [0.05, 0.1) is 7.11 Å². The maximum absolute atomic E-state index is 12.6. The molecule has 1 aliphatic heterocycles. The molecule has 2 amide bonds. The molecule has 0 saturated carbocycles. The Morgan fingerprint density at radius 3 is 2.81 bits per heavy atom. The largest absolute Gasteiger partial charge is 0.497 e. The molecule has 1 aromatic carbocycles. The first kappa shape index (κ1) is 18.2. The summed E-state index contributed by atoms with van der Waals surface area (Å²) < 4.78 is 7.25. The molecule has 140 valence electrons. The first-order valence-corrected chi connectivity index (χ1v) is 9.15. The van der Waals surface area contributed by atoms with Crippen LogP contribution < -0.4 is 10.1 Å². The Morgan fingerprint density at radius 2 is 2.12 bits per heavy atom. The Kier molecular flexibility index (Phi) is 5.75. The number of aromatic nitrogens is 3. The fourth-order valence-corrected chi connectivity index (χ4v) is 3.40. The van der Waals surface area contributed by atoms with E-state index >= 15 is 0 Å². The van der Waals surface area contributed by atoms with E-state index in [4.69, 9.17) is 4.74 Å². The van der Waals surface area contributed by atoms with Gasteiger partial charge in [-0.2, -0.15) is 0 Å². The topological polar surface area (TPSA) is 72.3 Å². The van der Waals surface area contributed by atoms with Crippen molar-refractivity contribution < 1.29 is 9.53 Å². The van der Waals surface area contributed by atoms with Crippen molar-refractivity contribution in [1.82, 2.24) is 19.7 Å². The predicted octanol–water partition coefficient (Wildman–Crippen LogP) is 3.35. The molecule has 0 radical (unpaired) electrons. The third-order valence-corrected chi connectivity index (χ3v) is 4.82. The van der Waals surface area contributed by atoms with Gasteiger partial charge in [0.25, 0.3) is 0 Å². The molecule has 1 fully saturated rings. The maximum Gasteiger partial charge on any atom is 0.321 e. The van der Waals surface area contributed by atoms with E-state index in [-0.39, 0.29) is 6.03 Å². The molecule has 2 aromatic rings. The molecule has 0 aliphatic carbocycles. The van der Waals surface area contributed by atoms with Crippen LogP contribution in [0.5, 0.6) is 5.75 Å². The number of carbonyl (C=O) groups excluding carboxylic acids is 1. The summed E-state index contributed by atoms with van der Waals surface area (Å²) in [6, 6.07) is 7.68. The van der Waals surface area contributed by atoms with Crippen molar-refractivity contribution in [3.63, 3.8) is 0 Å². The smallest absolute Gasteiger partial charge is 0.321 e. The van der Waals surface area contributed by atoms with Gasteiger partial charge in [-0.15, -0.1) is 10.2 Å². The summed E-state index contributed by atoms with van der Waals surface area (Å²) in [5, 5.41) is 11.3. The monoisotopic (exact) mass is 357 g/mol. The van der Waals surface area contributed by atoms with Gasteiger partial charge in [0.1, 0.15) is 17.9 Å². The quantitative estimate of drug-likeness (QED) is 0.891. The highest BCUT2D eigenvalue weighted by Crippen LogP contribution is 2.22.